The van der Waals surface area contributed by atoms with Crippen LogP contribution in [0.3, 0.4) is 0 Å². The highest BCUT2D eigenvalue weighted by atomic mass is 32.1. The number of carbonyl (C=O) groups is 2. The molecule has 1 aromatic rings. The minimum absolute atomic E-state index is 0.357. The van der Waals surface area contributed by atoms with Crippen LogP contribution in [0.5, 0.6) is 0 Å². The van der Waals surface area contributed by atoms with Gasteiger partial charge in [0.25, 0.3) is 0 Å². The summed E-state index contributed by atoms with van der Waals surface area (Å²) < 4.78 is 0. The highest BCUT2D eigenvalue weighted by molar-refractivity contribution is 7.09. The van der Waals surface area contributed by atoms with E-state index in [1.165, 1.54) is 16.2 Å². The van der Waals surface area contributed by atoms with E-state index in [4.69, 9.17) is 5.11 Å². The van der Waals surface area contributed by atoms with Crippen molar-refractivity contribution in [1.82, 2.24) is 15.2 Å². The van der Waals surface area contributed by atoms with Gasteiger partial charge in [-0.3, -0.25) is 4.98 Å². The maximum absolute atomic E-state index is 11.7. The van der Waals surface area contributed by atoms with E-state index in [2.05, 4.69) is 10.3 Å². The first-order valence-corrected chi connectivity index (χ1v) is 6.04. The van der Waals surface area contributed by atoms with Gasteiger partial charge in [0.15, 0.2) is 0 Å². The van der Waals surface area contributed by atoms with Gasteiger partial charge in [-0.05, 0) is 6.42 Å². The number of nitrogens with zero attached hydrogens (tertiary/aromatic N) is 2. The van der Waals surface area contributed by atoms with Crippen molar-refractivity contribution in [3.63, 3.8) is 0 Å². The number of carboxylic acids is 1. The number of aromatic nitrogens is 1. The average Bonchev–Trinajstić information content (AvgIpc) is 2.77. The van der Waals surface area contributed by atoms with E-state index in [0.717, 1.165) is 4.88 Å². The summed E-state index contributed by atoms with van der Waals surface area (Å²) in [6, 6.07) is -1.24. The molecule has 0 aliphatic carbocycles. The number of aliphatic carboxylic acids is 1. The molecule has 0 unspecified atom stereocenters. The van der Waals surface area contributed by atoms with E-state index in [1.54, 1.807) is 25.7 Å². The maximum Gasteiger partial charge on any atom is 0.326 e. The van der Waals surface area contributed by atoms with Crippen LogP contribution in [0.1, 0.15) is 18.2 Å². The van der Waals surface area contributed by atoms with Gasteiger partial charge in [-0.1, -0.05) is 6.92 Å². The van der Waals surface area contributed by atoms with Gasteiger partial charge >= 0.3 is 12.0 Å². The van der Waals surface area contributed by atoms with Gasteiger partial charge in [0, 0.05) is 18.1 Å². The number of hydrogen-bond donors (Lipinski definition) is 2. The third-order valence-corrected chi connectivity index (χ3v) is 2.99. The number of carboxylic acid groups (broad SMARTS) is 1. The molecule has 0 radical (unpaired) electrons. The molecular weight excluding hydrogens is 242 g/mol. The maximum atomic E-state index is 11.7. The second kappa shape index (κ2) is 6.19. The number of amides is 2. The second-order valence-corrected chi connectivity index (χ2v) is 4.54. The molecule has 2 amide bonds. The first-order valence-electron chi connectivity index (χ1n) is 5.16. The lowest BCUT2D eigenvalue weighted by molar-refractivity contribution is -0.139. The molecule has 0 spiro atoms. The standard InChI is InChI=1S/C10H15N3O3S/c1-3-8(9(14)15)12-10(16)13(2)5-7-4-11-6-17-7/h4,6,8H,3,5H2,1-2H3,(H,12,16)(H,14,15)/t8-/m0/s1. The SMILES string of the molecule is CC[C@H](NC(=O)N(C)Cc1cncs1)C(=O)O. The summed E-state index contributed by atoms with van der Waals surface area (Å²) in [5.41, 5.74) is 1.69. The highest BCUT2D eigenvalue weighted by Gasteiger charge is 2.19. The van der Waals surface area contributed by atoms with Crippen LogP contribution in [-0.4, -0.2) is 40.1 Å². The summed E-state index contributed by atoms with van der Waals surface area (Å²) in [6.45, 7) is 2.13. The van der Waals surface area contributed by atoms with Crippen LogP contribution in [-0.2, 0) is 11.3 Å². The normalized spacial score (nSPS) is 11.9. The van der Waals surface area contributed by atoms with Gasteiger partial charge in [0.1, 0.15) is 6.04 Å². The molecule has 0 bridgehead atoms. The Bertz CT molecular complexity index is 380. The summed E-state index contributed by atoms with van der Waals surface area (Å²) in [5.74, 6) is -1.02. The fraction of sp³-hybridized carbons (Fsp3) is 0.500. The third kappa shape index (κ3) is 4.03. The van der Waals surface area contributed by atoms with E-state index in [9.17, 15) is 9.59 Å². The molecule has 0 saturated carbocycles. The lowest BCUT2D eigenvalue weighted by Crippen LogP contribution is -2.46. The number of thiazole rings is 1. The van der Waals surface area contributed by atoms with Crippen molar-refractivity contribution in [3.8, 4) is 0 Å². The largest absolute Gasteiger partial charge is 0.480 e. The molecule has 1 heterocycles. The number of nitrogens with one attached hydrogen (secondary N) is 1. The zero-order valence-corrected chi connectivity index (χ0v) is 10.5. The summed E-state index contributed by atoms with van der Waals surface area (Å²) in [4.78, 5) is 28.7. The minimum atomic E-state index is -1.02. The highest BCUT2D eigenvalue weighted by Crippen LogP contribution is 2.08. The molecule has 17 heavy (non-hydrogen) atoms. The Morgan fingerprint density at radius 1 is 1.65 bits per heavy atom. The summed E-state index contributed by atoms with van der Waals surface area (Å²) >= 11 is 1.45. The Balaban J connectivity index is 2.49. The number of rotatable bonds is 5. The quantitative estimate of drug-likeness (QED) is 0.829. The smallest absolute Gasteiger partial charge is 0.326 e. The first kappa shape index (κ1) is 13.4. The lowest BCUT2D eigenvalue weighted by Gasteiger charge is -2.19. The molecule has 1 rings (SSSR count). The summed E-state index contributed by atoms with van der Waals surface area (Å²) in [7, 11) is 1.61. The number of hydrogen-bond acceptors (Lipinski definition) is 4. The van der Waals surface area contributed by atoms with Crippen molar-refractivity contribution in [2.75, 3.05) is 7.05 Å². The van der Waals surface area contributed by atoms with Crippen LogP contribution in [0.2, 0.25) is 0 Å². The van der Waals surface area contributed by atoms with Crippen LogP contribution in [0.15, 0.2) is 11.7 Å². The van der Waals surface area contributed by atoms with E-state index in [-0.39, 0.29) is 0 Å². The van der Waals surface area contributed by atoms with Crippen molar-refractivity contribution < 1.29 is 14.7 Å². The second-order valence-electron chi connectivity index (χ2n) is 3.57. The Morgan fingerprint density at radius 3 is 2.82 bits per heavy atom. The van der Waals surface area contributed by atoms with Gasteiger partial charge in [-0.2, -0.15) is 0 Å². The molecule has 0 saturated heterocycles. The summed E-state index contributed by atoms with van der Waals surface area (Å²) in [5, 5.41) is 11.3. The zero-order chi connectivity index (χ0) is 12.8. The van der Waals surface area contributed by atoms with Crippen LogP contribution in [0, 0.1) is 0 Å². The topological polar surface area (TPSA) is 82.5 Å². The lowest BCUT2D eigenvalue weighted by atomic mass is 10.2. The van der Waals surface area contributed by atoms with Gasteiger partial charge in [0.05, 0.1) is 12.1 Å². The van der Waals surface area contributed by atoms with Crippen molar-refractivity contribution in [3.05, 3.63) is 16.6 Å². The van der Waals surface area contributed by atoms with Gasteiger partial charge in [-0.15, -0.1) is 11.3 Å². The van der Waals surface area contributed by atoms with Crippen molar-refractivity contribution >= 4 is 23.3 Å². The molecule has 2 N–H and O–H groups in total. The molecular formula is C10H15N3O3S. The molecule has 1 atom stereocenters. The molecule has 7 heteroatoms. The van der Waals surface area contributed by atoms with E-state index < -0.39 is 18.0 Å². The number of carbonyl (C=O) groups excluding carboxylic acids is 1. The molecule has 6 nitrogen and oxygen atoms in total. The molecule has 0 fully saturated rings. The van der Waals surface area contributed by atoms with E-state index in [0.29, 0.717) is 13.0 Å². The minimum Gasteiger partial charge on any atom is -0.480 e. The first-order chi connectivity index (χ1) is 8.04. The van der Waals surface area contributed by atoms with Crippen molar-refractivity contribution in [1.29, 1.82) is 0 Å². The van der Waals surface area contributed by atoms with Crippen LogP contribution in [0.25, 0.3) is 0 Å². The van der Waals surface area contributed by atoms with Gasteiger partial charge in [-0.25, -0.2) is 9.59 Å². The molecule has 0 aliphatic heterocycles. The molecule has 94 valence electrons. The summed E-state index contributed by atoms with van der Waals surface area (Å²) in [6.07, 6.45) is 2.04. The fourth-order valence-electron chi connectivity index (χ4n) is 1.22. The van der Waals surface area contributed by atoms with E-state index >= 15 is 0 Å². The monoisotopic (exact) mass is 257 g/mol. The van der Waals surface area contributed by atoms with E-state index in [1.807, 2.05) is 0 Å². The Labute approximate surface area is 103 Å². The predicted molar refractivity (Wildman–Crippen MR) is 63.8 cm³/mol. The zero-order valence-electron chi connectivity index (χ0n) is 9.71. The molecule has 0 aliphatic rings. The Hall–Kier alpha value is -1.63. The van der Waals surface area contributed by atoms with Crippen molar-refractivity contribution in [2.24, 2.45) is 0 Å². The Kier molecular flexibility index (Phi) is 4.89. The van der Waals surface area contributed by atoms with Crippen LogP contribution >= 0.6 is 11.3 Å². The fourth-order valence-corrected chi connectivity index (χ4v) is 1.87. The van der Waals surface area contributed by atoms with Crippen molar-refractivity contribution in [2.45, 2.75) is 25.9 Å². The third-order valence-electron chi connectivity index (χ3n) is 2.23. The Morgan fingerprint density at radius 2 is 2.35 bits per heavy atom. The van der Waals surface area contributed by atoms with Crippen LogP contribution in [0.4, 0.5) is 4.79 Å². The van der Waals surface area contributed by atoms with Gasteiger partial charge in [0.2, 0.25) is 0 Å². The molecule has 1 aromatic heterocycles. The molecule has 0 aromatic carbocycles. The van der Waals surface area contributed by atoms with Gasteiger partial charge < -0.3 is 15.3 Å². The predicted octanol–water partition coefficient (Wildman–Crippen LogP) is 1.15. The number of urea groups is 1. The van der Waals surface area contributed by atoms with Crippen LogP contribution < -0.4 is 5.32 Å². The average molecular weight is 257 g/mol.